The molecule has 0 aromatic heterocycles. The smallest absolute Gasteiger partial charge is 0.201 e. The summed E-state index contributed by atoms with van der Waals surface area (Å²) in [7, 11) is 0. The number of unbranched alkanes of at least 4 members (excludes halogenated alkanes) is 4. The molecule has 7 aromatic carbocycles. The summed E-state index contributed by atoms with van der Waals surface area (Å²) in [4.78, 5) is 0. The quantitative estimate of drug-likeness (QED) is 0.0345. The van der Waals surface area contributed by atoms with Crippen molar-refractivity contribution in [2.45, 2.75) is 284 Å². The Morgan fingerprint density at radius 1 is 0.286 bits per heavy atom. The fraction of sp³-hybridized carbons (Fsp3) is 0.562. The highest BCUT2D eigenvalue weighted by Crippen LogP contribution is 2.48. The average molecular weight is 1570 g/mol. The van der Waals surface area contributed by atoms with Crippen molar-refractivity contribution in [3.05, 3.63) is 189 Å². The number of ether oxygens (including phenoxy) is 5. The van der Waals surface area contributed by atoms with Gasteiger partial charge in [-0.2, -0.15) is 13.2 Å². The molecule has 112 heavy (non-hydrogen) atoms. The number of benzene rings is 7. The molecule has 0 N–H and O–H groups in total. The van der Waals surface area contributed by atoms with Crippen molar-refractivity contribution in [2.24, 2.45) is 29.6 Å². The third-order valence-electron chi connectivity index (χ3n) is 24.5. The zero-order valence-corrected chi connectivity index (χ0v) is 67.7. The number of hydrogen-bond acceptors (Lipinski definition) is 5. The molecule has 0 spiro atoms. The lowest BCUT2D eigenvalue weighted by Crippen LogP contribution is -2.28. The van der Waals surface area contributed by atoms with E-state index >= 15 is 0 Å². The van der Waals surface area contributed by atoms with Gasteiger partial charge in [0, 0.05) is 34.4 Å². The zero-order valence-electron chi connectivity index (χ0n) is 67.7. The highest BCUT2D eigenvalue weighted by Gasteiger charge is 2.35. The van der Waals surface area contributed by atoms with Gasteiger partial charge in [0.05, 0.1) is 32.5 Å². The molecule has 0 saturated heterocycles. The standard InChI is InChI=1S/C25H30F4O.C25H33FO.C23H26F4O.C23H34F2O2/c1-3-5-6-7-16-8-10-17(11-9-16)18-12-13-19(23(27)22(18)26)20-14-15-21(30-4-2)25(29)24(20)28;1-3-5-6-7-19-8-10-20(11-9-19)22-14-17-24(25(26)18-22)21-12-15-23(16-13-21)27-4-2;1-3-5-14-6-8-15(9-7-14)16-10-11-17(21(25)20(16)24)18-12-13-19(28-4-2)23(27)22(18)26;1-3-15-27-19-11-9-17(10-12-19)16-5-7-18(8-6-16)20-13-14-21(26-4-2)23(25)22(20)24/h12-17H,3-11H2,1-2H3;12-20H,3-11H2,1-2H3;10-15H,3-9H2,1-2H3;13-14,16-19H,3-12,15H2,1-2H3. The van der Waals surface area contributed by atoms with Crippen molar-refractivity contribution < 1.29 is 72.0 Å². The van der Waals surface area contributed by atoms with E-state index in [0.29, 0.717) is 59.3 Å². The van der Waals surface area contributed by atoms with Gasteiger partial charge in [-0.05, 0) is 292 Å². The van der Waals surface area contributed by atoms with E-state index in [-0.39, 0.29) is 76.3 Å². The first-order valence-corrected chi connectivity index (χ1v) is 42.7. The molecule has 5 aliphatic rings. The van der Waals surface area contributed by atoms with Crippen molar-refractivity contribution >= 4 is 0 Å². The molecule has 0 amide bonds. The summed E-state index contributed by atoms with van der Waals surface area (Å²) in [6.45, 7) is 18.0. The Balaban J connectivity index is 0.000000172. The Morgan fingerprint density at radius 2 is 0.634 bits per heavy atom. The van der Waals surface area contributed by atoms with Gasteiger partial charge in [0.1, 0.15) is 11.6 Å². The predicted octanol–water partition coefficient (Wildman–Crippen LogP) is 29.9. The van der Waals surface area contributed by atoms with Crippen LogP contribution in [0, 0.1) is 93.6 Å². The van der Waals surface area contributed by atoms with E-state index in [1.807, 2.05) is 37.3 Å². The van der Waals surface area contributed by atoms with Gasteiger partial charge in [-0.25, -0.2) is 35.1 Å². The molecule has 5 fully saturated rings. The van der Waals surface area contributed by atoms with E-state index < -0.39 is 58.2 Å². The van der Waals surface area contributed by atoms with Crippen LogP contribution < -0.4 is 18.9 Å². The lowest BCUT2D eigenvalue weighted by atomic mass is 9.69. The van der Waals surface area contributed by atoms with Crippen LogP contribution >= 0.6 is 0 Å². The van der Waals surface area contributed by atoms with Gasteiger partial charge in [-0.1, -0.05) is 147 Å². The van der Waals surface area contributed by atoms with Crippen molar-refractivity contribution in [1.29, 1.82) is 0 Å². The van der Waals surface area contributed by atoms with E-state index in [4.69, 9.17) is 23.7 Å². The molecule has 7 aromatic rings. The first-order valence-electron chi connectivity index (χ1n) is 42.7. The third kappa shape index (κ3) is 23.8. The van der Waals surface area contributed by atoms with Crippen LogP contribution in [0.3, 0.4) is 0 Å². The molecule has 0 bridgehead atoms. The second-order valence-corrected chi connectivity index (χ2v) is 31.9. The highest BCUT2D eigenvalue weighted by molar-refractivity contribution is 5.69. The molecule has 0 atom stereocenters. The summed E-state index contributed by atoms with van der Waals surface area (Å²) in [6, 6.07) is 27.5. The third-order valence-corrected chi connectivity index (χ3v) is 24.5. The molecule has 5 aliphatic carbocycles. The Hall–Kier alpha value is -7.07. The SMILES string of the molecule is CCCC1CCC(c2ccc(-c3ccc(OCC)c(F)c3F)c(F)c2F)CC1.CCCCCC1CCC(c2ccc(-c3ccc(OCC)c(F)c3F)c(F)c2F)CC1.CCCCCC1CCC(c2ccc(-c3ccc(OCC)cc3)c(F)c2)CC1.CCCOC1CCC(C2CCC(c3ccc(OCC)c(F)c3F)CC2)CC1. The zero-order chi connectivity index (χ0) is 80.2. The van der Waals surface area contributed by atoms with Gasteiger partial charge in [0.25, 0.3) is 0 Å². The molecule has 614 valence electrons. The number of halogens is 11. The van der Waals surface area contributed by atoms with Crippen LogP contribution in [0.15, 0.2) is 103 Å². The van der Waals surface area contributed by atoms with E-state index in [1.165, 1.54) is 163 Å². The largest absolute Gasteiger partial charge is 0.494 e. The van der Waals surface area contributed by atoms with Crippen molar-refractivity contribution in [2.75, 3.05) is 33.0 Å². The van der Waals surface area contributed by atoms with Crippen LogP contribution in [-0.4, -0.2) is 39.1 Å². The molecule has 12 rings (SSSR count). The summed E-state index contributed by atoms with van der Waals surface area (Å²) in [6.07, 6.45) is 35.6. The summed E-state index contributed by atoms with van der Waals surface area (Å²) in [5.41, 5.74) is 2.80. The molecule has 0 aliphatic heterocycles. The van der Waals surface area contributed by atoms with Crippen LogP contribution in [0.25, 0.3) is 33.4 Å². The summed E-state index contributed by atoms with van der Waals surface area (Å²) in [5, 5.41) is 0. The van der Waals surface area contributed by atoms with E-state index in [0.717, 1.165) is 126 Å². The van der Waals surface area contributed by atoms with Crippen LogP contribution in [0.5, 0.6) is 23.0 Å². The van der Waals surface area contributed by atoms with Crippen molar-refractivity contribution in [3.63, 3.8) is 0 Å². The topological polar surface area (TPSA) is 46.2 Å². The Morgan fingerprint density at radius 3 is 1.04 bits per heavy atom. The minimum Gasteiger partial charge on any atom is -0.494 e. The summed E-state index contributed by atoms with van der Waals surface area (Å²) < 4.78 is 187. The maximum Gasteiger partial charge on any atom is 0.201 e. The van der Waals surface area contributed by atoms with Gasteiger partial charge in [0.2, 0.25) is 17.5 Å². The van der Waals surface area contributed by atoms with Crippen LogP contribution in [0.4, 0.5) is 48.3 Å². The first kappa shape index (κ1) is 88.9. The Labute approximate surface area is 661 Å². The first-order chi connectivity index (χ1) is 54.3. The lowest BCUT2D eigenvalue weighted by molar-refractivity contribution is 0.00824. The van der Waals surface area contributed by atoms with E-state index in [9.17, 15) is 48.3 Å². The lowest BCUT2D eigenvalue weighted by Gasteiger charge is -2.38. The summed E-state index contributed by atoms with van der Waals surface area (Å²) >= 11 is 0. The molecule has 5 saturated carbocycles. The molecule has 0 radical (unpaired) electrons. The van der Waals surface area contributed by atoms with E-state index in [2.05, 4.69) is 33.8 Å². The van der Waals surface area contributed by atoms with Crippen molar-refractivity contribution in [1.82, 2.24) is 0 Å². The minimum atomic E-state index is -1.24. The second-order valence-electron chi connectivity index (χ2n) is 31.9. The Kier molecular flexibility index (Phi) is 35.9. The van der Waals surface area contributed by atoms with Gasteiger partial charge < -0.3 is 23.7 Å². The normalized spacial score (nSPS) is 21.8. The maximum atomic E-state index is 14.9. The second kappa shape index (κ2) is 45.3. The van der Waals surface area contributed by atoms with Gasteiger partial charge >= 0.3 is 0 Å². The average Bonchev–Trinajstić information content (AvgIpc) is 0.788. The molecule has 0 unspecified atom stereocenters. The van der Waals surface area contributed by atoms with Crippen LogP contribution in [0.2, 0.25) is 0 Å². The Bertz CT molecular complexity index is 3990. The summed E-state index contributed by atoms with van der Waals surface area (Å²) in [5.74, 6) is -5.97. The number of rotatable bonds is 29. The molecule has 5 nitrogen and oxygen atoms in total. The molecule has 16 heteroatoms. The van der Waals surface area contributed by atoms with Gasteiger partial charge in [0.15, 0.2) is 58.0 Å². The number of hydrogen-bond donors (Lipinski definition) is 0. The van der Waals surface area contributed by atoms with E-state index in [1.54, 1.807) is 39.0 Å². The monoisotopic (exact) mass is 1560 g/mol. The van der Waals surface area contributed by atoms with Crippen LogP contribution in [-0.2, 0) is 4.74 Å². The van der Waals surface area contributed by atoms with Gasteiger partial charge in [-0.15, -0.1) is 0 Å². The highest BCUT2D eigenvalue weighted by atomic mass is 19.2. The predicted molar refractivity (Wildman–Crippen MR) is 430 cm³/mol. The fourth-order valence-corrected chi connectivity index (χ4v) is 18.2. The van der Waals surface area contributed by atoms with Gasteiger partial charge in [-0.3, -0.25) is 0 Å². The molecular weight excluding hydrogens is 1440 g/mol. The van der Waals surface area contributed by atoms with Crippen LogP contribution in [0.1, 0.15) is 300 Å². The molecular formula is C96H123F11O5. The molecule has 0 heterocycles. The minimum absolute atomic E-state index is 0.0227. The van der Waals surface area contributed by atoms with Crippen molar-refractivity contribution in [3.8, 4) is 56.4 Å². The maximum absolute atomic E-state index is 14.9. The fourth-order valence-electron chi connectivity index (χ4n) is 18.2.